The second-order valence-electron chi connectivity index (χ2n) is 5.64. The topological polar surface area (TPSA) is 63.1 Å². The summed E-state index contributed by atoms with van der Waals surface area (Å²) in [4.78, 5) is 18.4. The molecular weight excluding hydrogens is 266 g/mol. The summed E-state index contributed by atoms with van der Waals surface area (Å²) in [6.45, 7) is 6.45. The van der Waals surface area contributed by atoms with Gasteiger partial charge in [0, 0.05) is 18.9 Å². The van der Waals surface area contributed by atoms with E-state index in [2.05, 4.69) is 15.4 Å². The predicted octanol–water partition coefficient (Wildman–Crippen LogP) is 1.50. The van der Waals surface area contributed by atoms with Crippen LogP contribution in [0.1, 0.15) is 32.6 Å². The van der Waals surface area contributed by atoms with Gasteiger partial charge in [-0.05, 0) is 39.0 Å². The number of hydrogen-bond donors (Lipinski definition) is 1. The van der Waals surface area contributed by atoms with Crippen LogP contribution >= 0.6 is 0 Å². The van der Waals surface area contributed by atoms with Crippen molar-refractivity contribution >= 4 is 5.91 Å². The van der Waals surface area contributed by atoms with E-state index in [1.54, 1.807) is 18.6 Å². The summed E-state index contributed by atoms with van der Waals surface area (Å²) in [5.41, 5.74) is 1.25. The summed E-state index contributed by atoms with van der Waals surface area (Å²) in [7, 11) is 0. The molecule has 2 aromatic heterocycles. The van der Waals surface area contributed by atoms with Crippen LogP contribution in [-0.2, 0) is 4.79 Å². The van der Waals surface area contributed by atoms with Crippen LogP contribution in [0.3, 0.4) is 0 Å². The molecule has 0 aromatic carbocycles. The minimum Gasteiger partial charge on any atom is -0.320 e. The van der Waals surface area contributed by atoms with E-state index >= 15 is 0 Å². The number of likely N-dealkylation sites (N-methyl/N-ethyl adjacent to an activating group) is 1. The van der Waals surface area contributed by atoms with E-state index in [0.29, 0.717) is 6.54 Å². The van der Waals surface area contributed by atoms with E-state index in [-0.39, 0.29) is 12.1 Å². The highest BCUT2D eigenvalue weighted by molar-refractivity contribution is 5.88. The Morgan fingerprint density at radius 2 is 2.14 bits per heavy atom. The average Bonchev–Trinajstić information content (AvgIpc) is 3.04. The van der Waals surface area contributed by atoms with Gasteiger partial charge in [-0.15, -0.1) is 0 Å². The molecule has 110 valence electrons. The van der Waals surface area contributed by atoms with Crippen molar-refractivity contribution in [2.45, 2.75) is 32.5 Å². The van der Waals surface area contributed by atoms with Crippen molar-refractivity contribution in [1.82, 2.24) is 25.0 Å². The molecule has 3 heterocycles. The Morgan fingerprint density at radius 3 is 2.81 bits per heavy atom. The van der Waals surface area contributed by atoms with Crippen molar-refractivity contribution in [3.8, 4) is 5.69 Å². The van der Waals surface area contributed by atoms with Crippen LogP contribution < -0.4 is 5.32 Å². The van der Waals surface area contributed by atoms with Crippen molar-refractivity contribution in [2.75, 3.05) is 6.54 Å². The Bertz CT molecular complexity index is 649. The third-order valence-corrected chi connectivity index (χ3v) is 3.79. The van der Waals surface area contributed by atoms with Crippen LogP contribution in [0.15, 0.2) is 36.8 Å². The van der Waals surface area contributed by atoms with Crippen molar-refractivity contribution < 1.29 is 4.79 Å². The zero-order valence-electron chi connectivity index (χ0n) is 12.4. The fourth-order valence-corrected chi connectivity index (χ4v) is 2.73. The molecule has 0 aliphatic carbocycles. The summed E-state index contributed by atoms with van der Waals surface area (Å²) >= 11 is 0. The molecule has 0 spiro atoms. The van der Waals surface area contributed by atoms with Crippen LogP contribution in [0.2, 0.25) is 0 Å². The number of amides is 1. The summed E-state index contributed by atoms with van der Waals surface area (Å²) in [5.74, 6) is 0.105. The van der Waals surface area contributed by atoms with E-state index in [1.807, 2.05) is 48.6 Å². The van der Waals surface area contributed by atoms with Crippen molar-refractivity contribution in [3.63, 3.8) is 0 Å². The van der Waals surface area contributed by atoms with Gasteiger partial charge in [0.25, 0.3) is 0 Å². The van der Waals surface area contributed by atoms with Gasteiger partial charge < -0.3 is 4.90 Å². The first-order chi connectivity index (χ1) is 10.0. The maximum absolute atomic E-state index is 12.4. The van der Waals surface area contributed by atoms with Gasteiger partial charge in [0.15, 0.2) is 0 Å². The summed E-state index contributed by atoms with van der Waals surface area (Å²) in [5, 5.41) is 7.76. The molecule has 0 radical (unpaired) electrons. The highest BCUT2D eigenvalue weighted by Crippen LogP contribution is 2.30. The van der Waals surface area contributed by atoms with Crippen LogP contribution in [-0.4, -0.2) is 37.7 Å². The van der Waals surface area contributed by atoms with Gasteiger partial charge in [-0.1, -0.05) is 0 Å². The van der Waals surface area contributed by atoms with Crippen LogP contribution in [0.5, 0.6) is 0 Å². The standard InChI is InChI=1S/C15H19N5O/c1-4-19-13(18-15(2,3)14(19)21)12-7-9-17-20(12)11-6-5-8-16-10-11/h5-10,13,18H,4H2,1-3H3. The first-order valence-corrected chi connectivity index (χ1v) is 7.07. The van der Waals surface area contributed by atoms with E-state index < -0.39 is 5.54 Å². The maximum Gasteiger partial charge on any atom is 0.243 e. The number of aromatic nitrogens is 3. The molecule has 1 amide bonds. The number of carbonyl (C=O) groups excluding carboxylic acids is 1. The molecule has 1 aliphatic rings. The number of carbonyl (C=O) groups is 1. The largest absolute Gasteiger partial charge is 0.320 e. The van der Waals surface area contributed by atoms with Gasteiger partial charge in [0.1, 0.15) is 6.17 Å². The van der Waals surface area contributed by atoms with Crippen LogP contribution in [0.4, 0.5) is 0 Å². The molecule has 1 fully saturated rings. The SMILES string of the molecule is CCN1C(=O)C(C)(C)NC1c1ccnn1-c1cccnc1. The highest BCUT2D eigenvalue weighted by atomic mass is 16.2. The molecule has 1 saturated heterocycles. The molecule has 21 heavy (non-hydrogen) atoms. The third-order valence-electron chi connectivity index (χ3n) is 3.79. The minimum atomic E-state index is -0.565. The lowest BCUT2D eigenvalue weighted by molar-refractivity contribution is -0.132. The number of rotatable bonds is 3. The fraction of sp³-hybridized carbons (Fsp3) is 0.400. The quantitative estimate of drug-likeness (QED) is 0.928. The van der Waals surface area contributed by atoms with E-state index in [4.69, 9.17) is 0 Å². The Morgan fingerprint density at radius 1 is 1.33 bits per heavy atom. The van der Waals surface area contributed by atoms with Crippen LogP contribution in [0, 0.1) is 0 Å². The van der Waals surface area contributed by atoms with Gasteiger partial charge in [-0.3, -0.25) is 15.1 Å². The Balaban J connectivity index is 2.03. The highest BCUT2D eigenvalue weighted by Gasteiger charge is 2.45. The molecule has 2 aromatic rings. The van der Waals surface area contributed by atoms with Gasteiger partial charge in [-0.25, -0.2) is 4.68 Å². The van der Waals surface area contributed by atoms with E-state index in [9.17, 15) is 4.79 Å². The Labute approximate surface area is 123 Å². The van der Waals surface area contributed by atoms with Crippen LogP contribution in [0.25, 0.3) is 5.69 Å². The number of pyridine rings is 1. The molecular formula is C15H19N5O. The molecule has 0 bridgehead atoms. The molecule has 3 rings (SSSR count). The number of nitrogens with one attached hydrogen (secondary N) is 1. The third kappa shape index (κ3) is 2.21. The molecule has 1 N–H and O–H groups in total. The lowest BCUT2D eigenvalue weighted by Gasteiger charge is -2.23. The van der Waals surface area contributed by atoms with E-state index in [1.165, 1.54) is 0 Å². The lowest BCUT2D eigenvalue weighted by atomic mass is 10.1. The summed E-state index contributed by atoms with van der Waals surface area (Å²) < 4.78 is 1.82. The van der Waals surface area contributed by atoms with Crippen molar-refractivity contribution in [3.05, 3.63) is 42.5 Å². The maximum atomic E-state index is 12.4. The van der Waals surface area contributed by atoms with Gasteiger partial charge >= 0.3 is 0 Å². The van der Waals surface area contributed by atoms with Crippen molar-refractivity contribution in [2.24, 2.45) is 0 Å². The first-order valence-electron chi connectivity index (χ1n) is 7.07. The monoisotopic (exact) mass is 285 g/mol. The van der Waals surface area contributed by atoms with Crippen molar-refractivity contribution in [1.29, 1.82) is 0 Å². The van der Waals surface area contributed by atoms with Gasteiger partial charge in [-0.2, -0.15) is 5.10 Å². The Kier molecular flexibility index (Phi) is 3.25. The molecule has 1 aliphatic heterocycles. The summed E-state index contributed by atoms with van der Waals surface area (Å²) in [6, 6.07) is 5.75. The Hall–Kier alpha value is -2.21. The lowest BCUT2D eigenvalue weighted by Crippen LogP contribution is -2.40. The van der Waals surface area contributed by atoms with Gasteiger partial charge in [0.05, 0.1) is 23.1 Å². The molecule has 6 heteroatoms. The number of nitrogens with zero attached hydrogens (tertiary/aromatic N) is 4. The predicted molar refractivity (Wildman–Crippen MR) is 78.7 cm³/mol. The zero-order valence-corrected chi connectivity index (χ0v) is 12.4. The molecule has 0 saturated carbocycles. The normalized spacial score (nSPS) is 21.0. The second kappa shape index (κ2) is 4.96. The fourth-order valence-electron chi connectivity index (χ4n) is 2.73. The number of hydrogen-bond acceptors (Lipinski definition) is 4. The first kappa shape index (κ1) is 13.8. The van der Waals surface area contributed by atoms with E-state index in [0.717, 1.165) is 11.4 Å². The molecule has 1 atom stereocenters. The molecule has 6 nitrogen and oxygen atoms in total. The average molecular weight is 285 g/mol. The van der Waals surface area contributed by atoms with Gasteiger partial charge in [0.2, 0.25) is 5.91 Å². The zero-order chi connectivity index (χ0) is 15.0. The smallest absolute Gasteiger partial charge is 0.243 e. The molecule has 1 unspecified atom stereocenters. The minimum absolute atomic E-state index is 0.105. The second-order valence-corrected chi connectivity index (χ2v) is 5.64. The summed E-state index contributed by atoms with van der Waals surface area (Å²) in [6.07, 6.45) is 5.05.